The maximum atomic E-state index is 10.7. The van der Waals surface area contributed by atoms with Gasteiger partial charge in [0.05, 0.1) is 6.54 Å². The second kappa shape index (κ2) is 4.16. The van der Waals surface area contributed by atoms with Crippen LogP contribution in [-0.2, 0) is 11.3 Å². The van der Waals surface area contributed by atoms with E-state index in [0.717, 1.165) is 4.88 Å². The molecule has 0 unspecified atom stereocenters. The molecule has 5 nitrogen and oxygen atoms in total. The molecule has 2 rings (SSSR count). The molecule has 7 heteroatoms. The number of cyclic esters (lactones) is 1. The number of likely N-dealkylation sites (N-methyl/N-ethyl adjacent to an activating group) is 1. The molecule has 0 aromatic carbocycles. The monoisotopic (exact) mass is 245 g/mol. The van der Waals surface area contributed by atoms with Crippen molar-refractivity contribution < 1.29 is 9.53 Å². The maximum Gasteiger partial charge on any atom is 0.435 e. The molecule has 0 aliphatic carbocycles. The van der Waals surface area contributed by atoms with Crippen LogP contribution in [-0.4, -0.2) is 35.5 Å². The third-order valence-electron chi connectivity index (χ3n) is 1.90. The van der Waals surface area contributed by atoms with E-state index in [9.17, 15) is 4.79 Å². The van der Waals surface area contributed by atoms with Crippen LogP contribution in [0.25, 0.3) is 0 Å². The first-order chi connectivity index (χ1) is 7.15. The summed E-state index contributed by atoms with van der Waals surface area (Å²) in [5.41, 5.74) is 0. The number of nitrogens with zero attached hydrogens (tertiary/aromatic N) is 3. The fraction of sp³-hybridized carbons (Fsp3) is 0.375. The first kappa shape index (κ1) is 10.4. The Hall–Kier alpha value is -1.14. The molecular weight excluding hydrogens is 238 g/mol. The Bertz CT molecular complexity index is 418. The van der Waals surface area contributed by atoms with E-state index >= 15 is 0 Å². The van der Waals surface area contributed by atoms with E-state index in [1.807, 2.05) is 11.9 Å². The van der Waals surface area contributed by atoms with Crippen LogP contribution in [0.1, 0.15) is 4.88 Å². The zero-order valence-corrected chi connectivity index (χ0v) is 9.51. The number of halogens is 1. The normalized spacial score (nSPS) is 15.1. The Labute approximate surface area is 95.3 Å². The molecule has 0 fully saturated rings. The van der Waals surface area contributed by atoms with E-state index in [1.54, 1.807) is 6.20 Å². The summed E-state index contributed by atoms with van der Waals surface area (Å²) in [5, 5.41) is 0. The number of carbonyl (C=O) groups excluding carboxylic acids is 1. The number of aromatic nitrogens is 1. The minimum absolute atomic E-state index is 0.238. The van der Waals surface area contributed by atoms with Gasteiger partial charge in [-0.1, -0.05) is 11.6 Å². The second-order valence-corrected chi connectivity index (χ2v) is 4.72. The van der Waals surface area contributed by atoms with Crippen LogP contribution in [0.15, 0.2) is 11.2 Å². The predicted molar refractivity (Wildman–Crippen MR) is 57.4 cm³/mol. The number of aliphatic imine (C=N–C) groups is 1. The summed E-state index contributed by atoms with van der Waals surface area (Å²) in [6.07, 6.45) is 1.18. The van der Waals surface area contributed by atoms with Gasteiger partial charge < -0.3 is 9.64 Å². The van der Waals surface area contributed by atoms with Crippen molar-refractivity contribution in [1.82, 2.24) is 9.88 Å². The Morgan fingerprint density at radius 3 is 3.07 bits per heavy atom. The summed E-state index contributed by atoms with van der Waals surface area (Å²) in [5.74, 6) is 0.629. The van der Waals surface area contributed by atoms with Gasteiger partial charge in [0.2, 0.25) is 0 Å². The van der Waals surface area contributed by atoms with Gasteiger partial charge in [-0.3, -0.25) is 0 Å². The van der Waals surface area contributed by atoms with Crippen LogP contribution in [0.3, 0.4) is 0 Å². The third-order valence-corrected chi connectivity index (χ3v) is 3.00. The quantitative estimate of drug-likeness (QED) is 0.797. The largest absolute Gasteiger partial charge is 0.440 e. The van der Waals surface area contributed by atoms with Crippen molar-refractivity contribution in [3.05, 3.63) is 15.5 Å². The second-order valence-electron chi connectivity index (χ2n) is 3.02. The lowest BCUT2D eigenvalue weighted by atomic mass is 10.4. The molecule has 15 heavy (non-hydrogen) atoms. The van der Waals surface area contributed by atoms with E-state index in [0.29, 0.717) is 16.8 Å². The molecule has 80 valence electrons. The number of rotatable bonds is 2. The Balaban J connectivity index is 2.01. The Morgan fingerprint density at radius 2 is 2.53 bits per heavy atom. The van der Waals surface area contributed by atoms with Crippen LogP contribution in [0.2, 0.25) is 4.47 Å². The average Bonchev–Trinajstić information content (AvgIpc) is 2.75. The van der Waals surface area contributed by atoms with Gasteiger partial charge in [-0.15, -0.1) is 11.3 Å². The molecule has 1 amide bonds. The number of thiazole rings is 1. The highest BCUT2D eigenvalue weighted by Gasteiger charge is 2.18. The number of hydrogen-bond donors (Lipinski definition) is 0. The highest BCUT2D eigenvalue weighted by Crippen LogP contribution is 2.19. The van der Waals surface area contributed by atoms with Crippen molar-refractivity contribution in [2.24, 2.45) is 4.99 Å². The molecule has 0 N–H and O–H groups in total. The zero-order chi connectivity index (χ0) is 10.8. The zero-order valence-electron chi connectivity index (χ0n) is 7.94. The van der Waals surface area contributed by atoms with Gasteiger partial charge >= 0.3 is 6.09 Å². The Morgan fingerprint density at radius 1 is 1.73 bits per heavy atom. The number of hydrogen-bond acceptors (Lipinski definition) is 5. The molecule has 1 aromatic heterocycles. The van der Waals surface area contributed by atoms with Crippen LogP contribution >= 0.6 is 22.9 Å². The fourth-order valence-electron chi connectivity index (χ4n) is 1.17. The van der Waals surface area contributed by atoms with Crippen LogP contribution in [0.5, 0.6) is 0 Å². The summed E-state index contributed by atoms with van der Waals surface area (Å²) >= 11 is 7.11. The van der Waals surface area contributed by atoms with Crippen LogP contribution in [0.4, 0.5) is 4.79 Å². The first-order valence-electron chi connectivity index (χ1n) is 4.21. The maximum absolute atomic E-state index is 10.7. The van der Waals surface area contributed by atoms with Crippen molar-refractivity contribution in [2.45, 2.75) is 6.54 Å². The lowest BCUT2D eigenvalue weighted by molar-refractivity contribution is 0.180. The predicted octanol–water partition coefficient (Wildman–Crippen LogP) is 1.78. The van der Waals surface area contributed by atoms with Crippen molar-refractivity contribution in [1.29, 1.82) is 0 Å². The van der Waals surface area contributed by atoms with Crippen molar-refractivity contribution >= 4 is 34.9 Å². The minimum Gasteiger partial charge on any atom is -0.440 e. The highest BCUT2D eigenvalue weighted by atomic mass is 35.5. The van der Waals surface area contributed by atoms with Gasteiger partial charge in [-0.2, -0.15) is 4.99 Å². The molecule has 0 saturated heterocycles. The molecule has 0 saturated carbocycles. The standard InChI is InChI=1S/C8H8ClN3O2S/c1-12(6-4-14-8(13)11-6)3-5-2-10-7(9)15-5/h2H,3-4H2,1H3. The minimum atomic E-state index is -0.529. The molecule has 1 aliphatic heterocycles. The molecule has 0 spiro atoms. The molecular formula is C8H8ClN3O2S. The van der Waals surface area contributed by atoms with Crippen molar-refractivity contribution in [2.75, 3.05) is 13.7 Å². The summed E-state index contributed by atoms with van der Waals surface area (Å²) < 4.78 is 5.22. The summed E-state index contributed by atoms with van der Waals surface area (Å²) in [7, 11) is 1.84. The summed E-state index contributed by atoms with van der Waals surface area (Å²) in [6.45, 7) is 0.863. The smallest absolute Gasteiger partial charge is 0.435 e. The van der Waals surface area contributed by atoms with E-state index < -0.39 is 6.09 Å². The highest BCUT2D eigenvalue weighted by molar-refractivity contribution is 7.15. The number of carbonyl (C=O) groups is 1. The van der Waals surface area contributed by atoms with Crippen LogP contribution < -0.4 is 0 Å². The van der Waals surface area contributed by atoms with E-state index in [2.05, 4.69) is 9.98 Å². The van der Waals surface area contributed by atoms with Gasteiger partial charge in [-0.05, 0) is 0 Å². The fourth-order valence-corrected chi connectivity index (χ4v) is 2.20. The molecule has 0 radical (unpaired) electrons. The molecule has 1 aromatic rings. The number of amides is 1. The number of amidine groups is 1. The molecule has 1 aliphatic rings. The lowest BCUT2D eigenvalue weighted by Crippen LogP contribution is -2.26. The van der Waals surface area contributed by atoms with Gasteiger partial charge in [0.25, 0.3) is 0 Å². The van der Waals surface area contributed by atoms with Crippen molar-refractivity contribution in [3.8, 4) is 0 Å². The lowest BCUT2D eigenvalue weighted by Gasteiger charge is -2.15. The van der Waals surface area contributed by atoms with Gasteiger partial charge in [0.15, 0.2) is 16.9 Å². The van der Waals surface area contributed by atoms with E-state index in [4.69, 9.17) is 16.3 Å². The Kier molecular flexibility index (Phi) is 2.88. The van der Waals surface area contributed by atoms with E-state index in [1.165, 1.54) is 11.3 Å². The van der Waals surface area contributed by atoms with Gasteiger partial charge in [0.1, 0.15) is 0 Å². The molecule has 0 atom stereocenters. The summed E-state index contributed by atoms with van der Waals surface area (Å²) in [4.78, 5) is 21.3. The average molecular weight is 246 g/mol. The number of ether oxygens (including phenoxy) is 1. The van der Waals surface area contributed by atoms with Gasteiger partial charge in [-0.25, -0.2) is 9.78 Å². The third kappa shape index (κ3) is 2.45. The van der Waals surface area contributed by atoms with Crippen molar-refractivity contribution in [3.63, 3.8) is 0 Å². The first-order valence-corrected chi connectivity index (χ1v) is 5.40. The van der Waals surface area contributed by atoms with E-state index in [-0.39, 0.29) is 6.61 Å². The summed E-state index contributed by atoms with van der Waals surface area (Å²) in [6, 6.07) is 0. The van der Waals surface area contributed by atoms with Crippen LogP contribution in [0, 0.1) is 0 Å². The molecule has 0 bridgehead atoms. The van der Waals surface area contributed by atoms with Gasteiger partial charge in [0, 0.05) is 18.1 Å². The SMILES string of the molecule is CN(Cc1cnc(Cl)s1)C1=NC(=O)OC1. The molecule has 2 heterocycles. The topological polar surface area (TPSA) is 54.8 Å².